The van der Waals surface area contributed by atoms with Crippen LogP contribution in [0.25, 0.3) is 0 Å². The maximum absolute atomic E-state index is 5.50. The molecule has 0 aromatic carbocycles. The van der Waals surface area contributed by atoms with Crippen LogP contribution >= 0.6 is 0 Å². The summed E-state index contributed by atoms with van der Waals surface area (Å²) in [4.78, 5) is 4.18. The van der Waals surface area contributed by atoms with Gasteiger partial charge in [0.1, 0.15) is 11.5 Å². The van der Waals surface area contributed by atoms with Gasteiger partial charge in [0, 0.05) is 6.42 Å². The Bertz CT molecular complexity index is 420. The van der Waals surface area contributed by atoms with Gasteiger partial charge in [-0.05, 0) is 19.1 Å². The molecule has 0 spiro atoms. The SMILES string of the molecule is CCc1cnc(CNC(C)c2ccco2)o1. The van der Waals surface area contributed by atoms with Crippen LogP contribution < -0.4 is 5.32 Å². The first-order valence-corrected chi connectivity index (χ1v) is 5.50. The highest BCUT2D eigenvalue weighted by Crippen LogP contribution is 2.13. The third-order valence-electron chi connectivity index (χ3n) is 2.48. The van der Waals surface area contributed by atoms with Crippen LogP contribution in [0.4, 0.5) is 0 Å². The van der Waals surface area contributed by atoms with Gasteiger partial charge in [-0.3, -0.25) is 5.32 Å². The number of aromatic nitrogens is 1. The minimum absolute atomic E-state index is 0.159. The van der Waals surface area contributed by atoms with Crippen LogP contribution in [0.1, 0.15) is 37.3 Å². The van der Waals surface area contributed by atoms with Gasteiger partial charge in [-0.25, -0.2) is 4.98 Å². The van der Waals surface area contributed by atoms with Gasteiger partial charge in [0.2, 0.25) is 5.89 Å². The van der Waals surface area contributed by atoms with E-state index in [9.17, 15) is 0 Å². The van der Waals surface area contributed by atoms with Crippen LogP contribution in [-0.4, -0.2) is 4.98 Å². The van der Waals surface area contributed by atoms with Gasteiger partial charge in [0.15, 0.2) is 0 Å². The Labute approximate surface area is 94.7 Å². The molecule has 4 nitrogen and oxygen atoms in total. The minimum Gasteiger partial charge on any atom is -0.468 e. The number of nitrogens with zero attached hydrogens (tertiary/aromatic N) is 1. The smallest absolute Gasteiger partial charge is 0.208 e. The third kappa shape index (κ3) is 2.52. The maximum atomic E-state index is 5.50. The minimum atomic E-state index is 0.159. The lowest BCUT2D eigenvalue weighted by atomic mass is 10.2. The van der Waals surface area contributed by atoms with Gasteiger partial charge < -0.3 is 8.83 Å². The van der Waals surface area contributed by atoms with Crippen molar-refractivity contribution in [2.45, 2.75) is 32.9 Å². The summed E-state index contributed by atoms with van der Waals surface area (Å²) in [5.74, 6) is 2.56. The Balaban J connectivity index is 1.87. The predicted molar refractivity (Wildman–Crippen MR) is 59.8 cm³/mol. The first-order chi connectivity index (χ1) is 7.79. The van der Waals surface area contributed by atoms with Crippen LogP contribution in [0, 0.1) is 0 Å². The highest BCUT2D eigenvalue weighted by Gasteiger charge is 2.09. The number of hydrogen-bond acceptors (Lipinski definition) is 4. The summed E-state index contributed by atoms with van der Waals surface area (Å²) in [7, 11) is 0. The molecule has 0 aliphatic rings. The lowest BCUT2D eigenvalue weighted by molar-refractivity contribution is 0.392. The van der Waals surface area contributed by atoms with Crippen molar-refractivity contribution >= 4 is 0 Å². The summed E-state index contributed by atoms with van der Waals surface area (Å²) in [6.07, 6.45) is 4.32. The standard InChI is InChI=1S/C12H16N2O2/c1-3-10-7-14-12(16-10)8-13-9(2)11-5-4-6-15-11/h4-7,9,13H,3,8H2,1-2H3. The van der Waals surface area contributed by atoms with Crippen LogP contribution in [0.15, 0.2) is 33.4 Å². The topological polar surface area (TPSA) is 51.2 Å². The second-order valence-corrected chi connectivity index (χ2v) is 3.69. The summed E-state index contributed by atoms with van der Waals surface area (Å²) >= 11 is 0. The van der Waals surface area contributed by atoms with Crippen molar-refractivity contribution in [2.75, 3.05) is 0 Å². The van der Waals surface area contributed by atoms with Crippen molar-refractivity contribution in [1.29, 1.82) is 0 Å². The van der Waals surface area contributed by atoms with Gasteiger partial charge in [0.05, 0.1) is 25.0 Å². The first-order valence-electron chi connectivity index (χ1n) is 5.50. The number of nitrogens with one attached hydrogen (secondary N) is 1. The van der Waals surface area contributed by atoms with Crippen molar-refractivity contribution < 1.29 is 8.83 Å². The van der Waals surface area contributed by atoms with Crippen molar-refractivity contribution in [3.63, 3.8) is 0 Å². The highest BCUT2D eigenvalue weighted by molar-refractivity contribution is 5.03. The van der Waals surface area contributed by atoms with Crippen molar-refractivity contribution in [3.05, 3.63) is 42.0 Å². The molecule has 2 aromatic rings. The molecule has 86 valence electrons. The lowest BCUT2D eigenvalue weighted by Gasteiger charge is -2.08. The zero-order chi connectivity index (χ0) is 11.4. The molecule has 0 amide bonds. The second kappa shape index (κ2) is 4.99. The molecule has 0 fully saturated rings. The molecule has 0 bridgehead atoms. The Morgan fingerprint density at radius 3 is 3.00 bits per heavy atom. The quantitative estimate of drug-likeness (QED) is 0.841. The molecule has 0 aliphatic carbocycles. The third-order valence-corrected chi connectivity index (χ3v) is 2.48. The van der Waals surface area contributed by atoms with Crippen molar-refractivity contribution in [1.82, 2.24) is 10.3 Å². The van der Waals surface area contributed by atoms with E-state index in [0.717, 1.165) is 23.8 Å². The zero-order valence-electron chi connectivity index (χ0n) is 9.56. The Kier molecular flexibility index (Phi) is 3.41. The summed E-state index contributed by atoms with van der Waals surface area (Å²) in [5, 5.41) is 3.29. The molecular formula is C12H16N2O2. The van der Waals surface area contributed by atoms with Gasteiger partial charge in [-0.15, -0.1) is 0 Å². The molecule has 0 saturated carbocycles. The predicted octanol–water partition coefficient (Wildman–Crippen LogP) is 2.68. The Hall–Kier alpha value is -1.55. The Morgan fingerprint density at radius 1 is 1.50 bits per heavy atom. The van der Waals surface area contributed by atoms with E-state index in [0.29, 0.717) is 6.54 Å². The monoisotopic (exact) mass is 220 g/mol. The van der Waals surface area contributed by atoms with Gasteiger partial charge in [0.25, 0.3) is 0 Å². The van der Waals surface area contributed by atoms with E-state index in [1.54, 1.807) is 12.5 Å². The molecule has 2 rings (SSSR count). The number of hydrogen-bond donors (Lipinski definition) is 1. The Morgan fingerprint density at radius 2 is 2.38 bits per heavy atom. The fraction of sp³-hybridized carbons (Fsp3) is 0.417. The molecule has 2 aromatic heterocycles. The summed E-state index contributed by atoms with van der Waals surface area (Å²) in [5.41, 5.74) is 0. The number of rotatable bonds is 5. The van der Waals surface area contributed by atoms with E-state index >= 15 is 0 Å². The van der Waals surface area contributed by atoms with E-state index < -0.39 is 0 Å². The van der Waals surface area contributed by atoms with Crippen LogP contribution in [-0.2, 0) is 13.0 Å². The fourth-order valence-corrected chi connectivity index (χ4v) is 1.47. The largest absolute Gasteiger partial charge is 0.468 e. The first kappa shape index (κ1) is 11.0. The summed E-state index contributed by atoms with van der Waals surface area (Å²) in [6, 6.07) is 3.99. The van der Waals surface area contributed by atoms with Gasteiger partial charge in [-0.1, -0.05) is 6.92 Å². The zero-order valence-corrected chi connectivity index (χ0v) is 9.56. The number of aryl methyl sites for hydroxylation is 1. The molecule has 4 heteroatoms. The number of furan rings is 1. The van der Waals surface area contributed by atoms with E-state index in [1.165, 1.54) is 0 Å². The van der Waals surface area contributed by atoms with Gasteiger partial charge in [-0.2, -0.15) is 0 Å². The molecule has 1 N–H and O–H groups in total. The van der Waals surface area contributed by atoms with Crippen molar-refractivity contribution in [3.8, 4) is 0 Å². The molecule has 0 radical (unpaired) electrons. The van der Waals surface area contributed by atoms with Crippen LogP contribution in [0.5, 0.6) is 0 Å². The average molecular weight is 220 g/mol. The molecule has 16 heavy (non-hydrogen) atoms. The molecule has 0 saturated heterocycles. The fourth-order valence-electron chi connectivity index (χ4n) is 1.47. The molecule has 0 aliphatic heterocycles. The maximum Gasteiger partial charge on any atom is 0.208 e. The van der Waals surface area contributed by atoms with E-state index in [4.69, 9.17) is 8.83 Å². The van der Waals surface area contributed by atoms with Crippen LogP contribution in [0.3, 0.4) is 0 Å². The molecular weight excluding hydrogens is 204 g/mol. The summed E-state index contributed by atoms with van der Waals surface area (Å²) in [6.45, 7) is 4.70. The average Bonchev–Trinajstić information content (AvgIpc) is 2.96. The van der Waals surface area contributed by atoms with Gasteiger partial charge >= 0.3 is 0 Å². The van der Waals surface area contributed by atoms with E-state index in [1.807, 2.05) is 26.0 Å². The highest BCUT2D eigenvalue weighted by atomic mass is 16.4. The van der Waals surface area contributed by atoms with E-state index in [2.05, 4.69) is 10.3 Å². The van der Waals surface area contributed by atoms with E-state index in [-0.39, 0.29) is 6.04 Å². The van der Waals surface area contributed by atoms with Crippen LogP contribution in [0.2, 0.25) is 0 Å². The summed E-state index contributed by atoms with van der Waals surface area (Å²) < 4.78 is 10.8. The molecule has 2 heterocycles. The van der Waals surface area contributed by atoms with Crippen molar-refractivity contribution in [2.24, 2.45) is 0 Å². The molecule has 1 atom stereocenters. The second-order valence-electron chi connectivity index (χ2n) is 3.69. The lowest BCUT2D eigenvalue weighted by Crippen LogP contribution is -2.17. The normalized spacial score (nSPS) is 12.9. The number of oxazole rings is 1. The molecule has 1 unspecified atom stereocenters.